The normalized spacial score (nSPS) is 18.0. The molecule has 1 amide bonds. The smallest absolute Gasteiger partial charge is 0.418 e. The first-order valence-corrected chi connectivity index (χ1v) is 23.1. The number of ether oxygens (including phenoxy) is 3. The Morgan fingerprint density at radius 3 is 2.49 bits per heavy atom. The van der Waals surface area contributed by atoms with Gasteiger partial charge in [0, 0.05) is 59.7 Å². The van der Waals surface area contributed by atoms with Crippen LogP contribution in [0.4, 0.5) is 29.2 Å². The van der Waals surface area contributed by atoms with E-state index in [0.717, 1.165) is 42.0 Å². The number of nitrogens with zero attached hydrogens (tertiary/aromatic N) is 8. The number of carbonyl (C=O) groups is 2. The van der Waals surface area contributed by atoms with E-state index in [1.807, 2.05) is 24.9 Å². The number of likely N-dealkylation sites (N-methyl/N-ethyl adjacent to an activating group) is 1. The highest BCUT2D eigenvalue weighted by Crippen LogP contribution is 2.45. The number of piperazine rings is 1. The summed E-state index contributed by atoms with van der Waals surface area (Å²) in [6, 6.07) is 9.22. The molecule has 3 N–H and O–H groups in total. The van der Waals surface area contributed by atoms with Gasteiger partial charge in [0.2, 0.25) is 0 Å². The van der Waals surface area contributed by atoms with E-state index in [0.29, 0.717) is 29.1 Å². The number of halogens is 5. The summed E-state index contributed by atoms with van der Waals surface area (Å²) in [4.78, 5) is 62.9. The number of aromatic nitrogens is 5. The molecular formula is C49H46ClF4N9O7. The maximum absolute atomic E-state index is 16.9. The van der Waals surface area contributed by atoms with Gasteiger partial charge in [-0.15, -0.1) is 0 Å². The van der Waals surface area contributed by atoms with E-state index in [4.69, 9.17) is 36.5 Å². The SMILES string of the molecule is C=C(COc1ccc2nc3c(c(CC)c2c1)Cn1c-3cc2c(c1=O)COC(=O)C2O)C(=O)N1CCN(c2nc(OCC3CCCN3C)nc3c(F)c(-c4nc(N)cc(C)c4C(F)(F)F)c(Cl)cc23)CC1. The summed E-state index contributed by atoms with van der Waals surface area (Å²) in [6.07, 6.45) is -4.06. The number of nitrogen functional groups attached to an aromatic ring is 1. The Hall–Kier alpha value is -6.90. The number of alkyl halides is 3. The first-order valence-electron chi connectivity index (χ1n) is 22.7. The fraction of sp³-hybridized carbons (Fsp3) is 0.367. The quantitative estimate of drug-likeness (QED) is 0.0853. The van der Waals surface area contributed by atoms with E-state index < -0.39 is 40.9 Å². The summed E-state index contributed by atoms with van der Waals surface area (Å²) in [5.41, 5.74) is 6.54. The van der Waals surface area contributed by atoms with Crippen LogP contribution >= 0.6 is 11.6 Å². The summed E-state index contributed by atoms with van der Waals surface area (Å²) in [5.74, 6) is -1.89. The number of amides is 1. The molecule has 2 unspecified atom stereocenters. The van der Waals surface area contributed by atoms with Crippen LogP contribution in [0.1, 0.15) is 59.3 Å². The number of anilines is 2. The number of carbonyl (C=O) groups excluding carboxylic acids is 2. The first-order chi connectivity index (χ1) is 33.4. The van der Waals surface area contributed by atoms with Gasteiger partial charge in [-0.3, -0.25) is 9.59 Å². The molecule has 10 rings (SSSR count). The van der Waals surface area contributed by atoms with Crippen molar-refractivity contribution in [3.8, 4) is 34.4 Å². The van der Waals surface area contributed by atoms with Crippen molar-refractivity contribution in [3.63, 3.8) is 0 Å². The Morgan fingerprint density at radius 2 is 1.77 bits per heavy atom. The van der Waals surface area contributed by atoms with E-state index in [9.17, 15) is 32.7 Å². The molecule has 0 spiro atoms. The number of fused-ring (bicyclic) bond motifs is 6. The number of rotatable bonds is 10. The summed E-state index contributed by atoms with van der Waals surface area (Å²) in [6.45, 7) is 9.03. The Morgan fingerprint density at radius 1 is 1.00 bits per heavy atom. The summed E-state index contributed by atoms with van der Waals surface area (Å²) < 4.78 is 79.1. The van der Waals surface area contributed by atoms with Crippen molar-refractivity contribution in [2.75, 3.05) is 63.6 Å². The van der Waals surface area contributed by atoms with Crippen molar-refractivity contribution >= 4 is 56.9 Å². The van der Waals surface area contributed by atoms with E-state index in [1.54, 1.807) is 27.7 Å². The Labute approximate surface area is 402 Å². The van der Waals surface area contributed by atoms with Crippen LogP contribution in [-0.2, 0) is 40.1 Å². The van der Waals surface area contributed by atoms with Gasteiger partial charge >= 0.3 is 18.2 Å². The number of cyclic esters (lactones) is 1. The lowest BCUT2D eigenvalue weighted by molar-refractivity contribution is -0.157. The third kappa shape index (κ3) is 8.10. The zero-order valence-corrected chi connectivity index (χ0v) is 39.0. The van der Waals surface area contributed by atoms with Gasteiger partial charge in [-0.2, -0.15) is 23.1 Å². The number of aryl methyl sites for hydroxylation is 2. The van der Waals surface area contributed by atoms with Crippen LogP contribution in [0.2, 0.25) is 5.02 Å². The zero-order valence-electron chi connectivity index (χ0n) is 38.3. The van der Waals surface area contributed by atoms with Gasteiger partial charge in [-0.25, -0.2) is 19.2 Å². The predicted molar refractivity (Wildman–Crippen MR) is 251 cm³/mol. The molecule has 21 heteroatoms. The van der Waals surface area contributed by atoms with Crippen LogP contribution in [0.5, 0.6) is 11.8 Å². The molecule has 364 valence electrons. The monoisotopic (exact) mass is 983 g/mol. The molecule has 2 saturated heterocycles. The minimum absolute atomic E-state index is 0.0444. The van der Waals surface area contributed by atoms with Crippen molar-refractivity contribution in [3.05, 3.63) is 103 Å². The number of benzene rings is 2. The third-order valence-electron chi connectivity index (χ3n) is 13.7. The second-order valence-electron chi connectivity index (χ2n) is 17.9. The van der Waals surface area contributed by atoms with Crippen molar-refractivity contribution in [1.29, 1.82) is 0 Å². The summed E-state index contributed by atoms with van der Waals surface area (Å²) in [7, 11) is 1.96. The predicted octanol–water partition coefficient (Wildman–Crippen LogP) is 6.54. The molecule has 8 heterocycles. The number of likely N-dealkylation sites (tertiary alicyclic amines) is 1. The van der Waals surface area contributed by atoms with Crippen molar-refractivity contribution < 1.29 is 46.5 Å². The highest BCUT2D eigenvalue weighted by Gasteiger charge is 2.39. The number of aliphatic hydroxyl groups excluding tert-OH is 1. The number of nitrogens with two attached hydrogens (primary N) is 1. The van der Waals surface area contributed by atoms with Crippen LogP contribution < -0.4 is 25.7 Å². The van der Waals surface area contributed by atoms with Crippen LogP contribution in [-0.4, -0.2) is 110 Å². The van der Waals surface area contributed by atoms with Gasteiger partial charge in [0.05, 0.1) is 50.9 Å². The van der Waals surface area contributed by atoms with Crippen molar-refractivity contribution in [2.24, 2.45) is 0 Å². The minimum atomic E-state index is -4.92. The number of pyridine rings is 3. The maximum atomic E-state index is 16.9. The molecule has 0 bridgehead atoms. The Balaban J connectivity index is 0.871. The molecule has 2 aromatic carbocycles. The molecular weight excluding hydrogens is 938 g/mol. The minimum Gasteiger partial charge on any atom is -0.489 e. The molecule has 70 heavy (non-hydrogen) atoms. The molecule has 2 fully saturated rings. The number of esters is 1. The fourth-order valence-electron chi connectivity index (χ4n) is 10.0. The molecule has 0 saturated carbocycles. The lowest BCUT2D eigenvalue weighted by Crippen LogP contribution is -2.49. The van der Waals surface area contributed by atoms with E-state index in [2.05, 4.69) is 26.4 Å². The molecule has 0 radical (unpaired) electrons. The largest absolute Gasteiger partial charge is 0.489 e. The molecule has 4 aliphatic heterocycles. The lowest BCUT2D eigenvalue weighted by atomic mass is 9.97. The summed E-state index contributed by atoms with van der Waals surface area (Å²) in [5, 5.41) is 11.1. The highest BCUT2D eigenvalue weighted by atomic mass is 35.5. The van der Waals surface area contributed by atoms with Gasteiger partial charge in [0.1, 0.15) is 42.7 Å². The fourth-order valence-corrected chi connectivity index (χ4v) is 10.3. The average molecular weight is 984 g/mol. The van der Waals surface area contributed by atoms with E-state index >= 15 is 4.39 Å². The van der Waals surface area contributed by atoms with Crippen molar-refractivity contribution in [2.45, 2.75) is 64.6 Å². The van der Waals surface area contributed by atoms with Crippen LogP contribution in [0.3, 0.4) is 0 Å². The zero-order chi connectivity index (χ0) is 49.5. The molecule has 4 aliphatic rings. The second kappa shape index (κ2) is 17.8. The maximum Gasteiger partial charge on any atom is 0.418 e. The van der Waals surface area contributed by atoms with Crippen LogP contribution in [0, 0.1) is 12.7 Å². The molecule has 4 aromatic heterocycles. The van der Waals surface area contributed by atoms with Crippen LogP contribution in [0.25, 0.3) is 44.5 Å². The number of hydrogen-bond donors (Lipinski definition) is 2. The second-order valence-corrected chi connectivity index (χ2v) is 18.3. The number of hydrogen-bond acceptors (Lipinski definition) is 14. The molecule has 16 nitrogen and oxygen atoms in total. The van der Waals surface area contributed by atoms with Crippen molar-refractivity contribution in [1.82, 2.24) is 34.3 Å². The summed E-state index contributed by atoms with van der Waals surface area (Å²) >= 11 is 6.67. The standard InChI is InChI=1S/C49H46ClF4N9O7/c1-5-27-28-16-26(8-9-34(28)56-40-31(27)19-63-35(40)18-29-32(46(63)66)22-69-47(67)43(29)64)68-20-24(3)45(65)62-13-11-61(12-14-62)44-30-17-33(50)37(42-38(49(52,53)54)23(2)15-36(55)57-42)39(51)41(30)58-48(59-44)70-21-25-7-6-10-60(25)4/h8-9,15-18,25,43,64H,3,5-7,10-14,19-22H2,1-2,4H3,(H2,55,57). The van der Waals surface area contributed by atoms with Gasteiger partial charge < -0.3 is 44.3 Å². The average Bonchev–Trinajstić information content (AvgIpc) is 3.92. The molecule has 6 aromatic rings. The van der Waals surface area contributed by atoms with Gasteiger partial charge in [-0.1, -0.05) is 25.1 Å². The van der Waals surface area contributed by atoms with Gasteiger partial charge in [0.25, 0.3) is 11.5 Å². The highest BCUT2D eigenvalue weighted by molar-refractivity contribution is 6.34. The topological polar surface area (TPSA) is 191 Å². The Bertz CT molecular complexity index is 3270. The lowest BCUT2D eigenvalue weighted by Gasteiger charge is -2.36. The van der Waals surface area contributed by atoms with Gasteiger partial charge in [0.15, 0.2) is 11.9 Å². The Kier molecular flexibility index (Phi) is 11.9. The first kappa shape index (κ1) is 46.8. The van der Waals surface area contributed by atoms with Gasteiger partial charge in [-0.05, 0) is 87.3 Å². The molecule has 2 atom stereocenters. The third-order valence-corrected chi connectivity index (χ3v) is 14.0. The van der Waals surface area contributed by atoms with E-state index in [1.165, 1.54) is 13.0 Å². The van der Waals surface area contributed by atoms with Crippen LogP contribution in [0.15, 0.2) is 53.3 Å². The number of aliphatic hydroxyl groups is 1. The van der Waals surface area contributed by atoms with E-state index in [-0.39, 0.29) is 126 Å². The molecule has 0 aliphatic carbocycles.